The molecule has 0 radical (unpaired) electrons. The van der Waals surface area contributed by atoms with Gasteiger partial charge in [-0.3, -0.25) is 4.98 Å². The number of nitrogens with one attached hydrogen (secondary N) is 1. The maximum Gasteiger partial charge on any atom is 0.140 e. The monoisotopic (exact) mass is 885 g/mol. The lowest BCUT2D eigenvalue weighted by molar-refractivity contribution is 0.318. The molecule has 1 atom stereocenters. The minimum Gasteiger partial charge on any atom is -0.364 e. The molecule has 5 nitrogen and oxygen atoms in total. The summed E-state index contributed by atoms with van der Waals surface area (Å²) in [6.45, 7) is 8.55. The summed E-state index contributed by atoms with van der Waals surface area (Å²) in [5.41, 5.74) is 24.3. The normalized spacial score (nSPS) is 13.6. The third-order valence-electron chi connectivity index (χ3n) is 14.2. The van der Waals surface area contributed by atoms with Gasteiger partial charge in [0.25, 0.3) is 0 Å². The molecule has 0 spiro atoms. The molecule has 0 amide bonds. The van der Waals surface area contributed by atoms with Gasteiger partial charge in [0.2, 0.25) is 0 Å². The Morgan fingerprint density at radius 3 is 1.63 bits per heavy atom. The minimum absolute atomic E-state index is 0.170. The van der Waals surface area contributed by atoms with Gasteiger partial charge in [0, 0.05) is 48.5 Å². The van der Waals surface area contributed by atoms with E-state index in [2.05, 4.69) is 232 Å². The van der Waals surface area contributed by atoms with Gasteiger partial charge in [0.1, 0.15) is 12.0 Å². The summed E-state index contributed by atoms with van der Waals surface area (Å²) < 4.78 is 2.19. The molecule has 3 heterocycles. The largest absolute Gasteiger partial charge is 0.364 e. The van der Waals surface area contributed by atoms with E-state index < -0.39 is 0 Å². The second kappa shape index (κ2) is 19.2. The van der Waals surface area contributed by atoms with E-state index in [9.17, 15) is 0 Å². The van der Waals surface area contributed by atoms with Crippen molar-refractivity contribution >= 4 is 0 Å². The molecule has 0 fully saturated rings. The molecule has 2 aromatic heterocycles. The number of allylic oxidation sites excluding steroid dienone is 2. The van der Waals surface area contributed by atoms with Crippen LogP contribution in [0.25, 0.3) is 67.2 Å². The summed E-state index contributed by atoms with van der Waals surface area (Å²) in [5.74, 6) is 1.01. The van der Waals surface area contributed by atoms with Crippen molar-refractivity contribution in [2.75, 3.05) is 7.05 Å². The predicted octanol–water partition coefficient (Wildman–Crippen LogP) is 14.8. The molecule has 0 saturated carbocycles. The summed E-state index contributed by atoms with van der Waals surface area (Å²) >= 11 is 0. The molecule has 68 heavy (non-hydrogen) atoms. The van der Waals surface area contributed by atoms with Crippen LogP contribution < -0.4 is 5.32 Å². The molecule has 1 aliphatic rings. The smallest absolute Gasteiger partial charge is 0.140 e. The van der Waals surface area contributed by atoms with Crippen LogP contribution in [-0.4, -0.2) is 26.5 Å². The quantitative estimate of drug-likeness (QED) is 0.125. The summed E-state index contributed by atoms with van der Waals surface area (Å²) in [4.78, 5) is 11.9. The molecule has 0 saturated heterocycles. The number of aromatic nitrogens is 3. The maximum absolute atomic E-state index is 4.86. The molecular weight excluding hydrogens is 827 g/mol. The Balaban J connectivity index is 0.999. The van der Waals surface area contributed by atoms with Crippen molar-refractivity contribution in [2.24, 2.45) is 7.05 Å². The Morgan fingerprint density at radius 1 is 0.456 bits per heavy atom. The fourth-order valence-corrected chi connectivity index (χ4v) is 9.77. The van der Waals surface area contributed by atoms with Crippen molar-refractivity contribution in [3.63, 3.8) is 0 Å². The van der Waals surface area contributed by atoms with Gasteiger partial charge in [-0.05, 0) is 144 Å². The lowest BCUT2D eigenvalue weighted by Gasteiger charge is -2.24. The SMILES string of the molecule is CC1=C(C)N(C)C(c2ccc(CCc3cc(CCc4ccc(-c5nc(C)c(C)n5C)cc4)cc(-c4ccccc4-c4ccc(-c5ccccn5)cc4-c4ccc(-c5ccccc5)cc4)c3)cc2)N1. The van der Waals surface area contributed by atoms with E-state index in [0.717, 1.165) is 54.0 Å². The topological polar surface area (TPSA) is 46.0 Å². The third kappa shape index (κ3) is 9.17. The van der Waals surface area contributed by atoms with E-state index >= 15 is 0 Å². The van der Waals surface area contributed by atoms with Gasteiger partial charge in [-0.2, -0.15) is 0 Å². The highest BCUT2D eigenvalue weighted by molar-refractivity contribution is 5.93. The van der Waals surface area contributed by atoms with Gasteiger partial charge in [-0.15, -0.1) is 0 Å². The van der Waals surface area contributed by atoms with E-state index in [-0.39, 0.29) is 6.17 Å². The van der Waals surface area contributed by atoms with Crippen molar-refractivity contribution < 1.29 is 0 Å². The van der Waals surface area contributed by atoms with Crippen molar-refractivity contribution in [1.29, 1.82) is 0 Å². The average molecular weight is 886 g/mol. The third-order valence-corrected chi connectivity index (χ3v) is 14.2. The number of benzene rings is 7. The van der Waals surface area contributed by atoms with Crippen LogP contribution in [0.5, 0.6) is 0 Å². The highest BCUT2D eigenvalue weighted by Gasteiger charge is 2.25. The number of hydrogen-bond acceptors (Lipinski definition) is 4. The van der Waals surface area contributed by atoms with Crippen molar-refractivity contribution in [3.05, 3.63) is 239 Å². The molecule has 0 bridgehead atoms. The standard InChI is InChI=1S/C63H59N5/c1-42-44(3)67(5)62(65-42)53-27-23-46(24-28-53)19-21-48-38-49(22-20-47-25-29-54(30-26-47)63-66-43(2)45(4)68(63)6)40-56(39-48)57-16-10-11-17-58(57)59-36-35-55(61-18-12-13-37-64-61)41-60(59)52-33-31-51(32-34-52)50-14-8-7-9-15-50/h7-18,23-41,62,65H,19-22H2,1-6H3. The number of imidazole rings is 1. The highest BCUT2D eigenvalue weighted by Crippen LogP contribution is 2.41. The lowest BCUT2D eigenvalue weighted by atomic mass is 9.86. The first-order valence-electron chi connectivity index (χ1n) is 24.0. The molecule has 5 heteroatoms. The fraction of sp³-hybridized carbons (Fsp3) is 0.175. The molecule has 7 aromatic carbocycles. The number of aryl methyl sites for hydroxylation is 5. The first kappa shape index (κ1) is 44.1. The Hall–Kier alpha value is -7.76. The second-order valence-corrected chi connectivity index (χ2v) is 18.5. The minimum atomic E-state index is 0.170. The maximum atomic E-state index is 4.86. The number of nitrogens with zero attached hydrogens (tertiary/aromatic N) is 4. The van der Waals surface area contributed by atoms with E-state index in [1.807, 2.05) is 12.3 Å². The van der Waals surface area contributed by atoms with E-state index in [1.165, 1.54) is 89.4 Å². The van der Waals surface area contributed by atoms with Gasteiger partial charge < -0.3 is 14.8 Å². The van der Waals surface area contributed by atoms with Crippen LogP contribution in [0.15, 0.2) is 200 Å². The molecule has 10 rings (SSSR count). The van der Waals surface area contributed by atoms with Crippen LogP contribution in [0.2, 0.25) is 0 Å². The van der Waals surface area contributed by atoms with E-state index in [4.69, 9.17) is 9.97 Å². The predicted molar refractivity (Wildman–Crippen MR) is 283 cm³/mol. The van der Waals surface area contributed by atoms with Gasteiger partial charge in [0.15, 0.2) is 0 Å². The molecule has 1 unspecified atom stereocenters. The van der Waals surface area contributed by atoms with Crippen LogP contribution in [-0.2, 0) is 32.7 Å². The zero-order valence-electron chi connectivity index (χ0n) is 40.1. The zero-order chi connectivity index (χ0) is 46.7. The van der Waals surface area contributed by atoms with Crippen molar-refractivity contribution in [2.45, 2.75) is 59.5 Å². The lowest BCUT2D eigenvalue weighted by Crippen LogP contribution is -2.25. The van der Waals surface area contributed by atoms with E-state index in [0.29, 0.717) is 0 Å². The Morgan fingerprint density at radius 2 is 1.01 bits per heavy atom. The summed E-state index contributed by atoms with van der Waals surface area (Å²) in [6, 6.07) is 67.1. The van der Waals surface area contributed by atoms with Crippen molar-refractivity contribution in [1.82, 2.24) is 24.8 Å². The average Bonchev–Trinajstić information content (AvgIpc) is 3.81. The first-order valence-corrected chi connectivity index (χ1v) is 24.0. The van der Waals surface area contributed by atoms with Crippen LogP contribution >= 0.6 is 0 Å². The first-order chi connectivity index (χ1) is 33.2. The molecule has 336 valence electrons. The Kier molecular flexibility index (Phi) is 12.5. The van der Waals surface area contributed by atoms with Crippen LogP contribution in [0.3, 0.4) is 0 Å². The number of rotatable bonds is 13. The van der Waals surface area contributed by atoms with Gasteiger partial charge in [0.05, 0.1) is 11.4 Å². The molecule has 1 N–H and O–H groups in total. The Bertz CT molecular complexity index is 3240. The molecule has 1 aliphatic heterocycles. The van der Waals surface area contributed by atoms with Crippen LogP contribution in [0.4, 0.5) is 0 Å². The molecule has 0 aliphatic carbocycles. The molecular formula is C63H59N5. The van der Waals surface area contributed by atoms with Gasteiger partial charge in [-0.25, -0.2) is 4.98 Å². The van der Waals surface area contributed by atoms with Crippen molar-refractivity contribution in [3.8, 4) is 67.2 Å². The summed E-state index contributed by atoms with van der Waals surface area (Å²) in [7, 11) is 4.27. The number of hydrogen-bond donors (Lipinski definition) is 1. The van der Waals surface area contributed by atoms with E-state index in [1.54, 1.807) is 0 Å². The summed E-state index contributed by atoms with van der Waals surface area (Å²) in [6.07, 6.45) is 5.82. The zero-order valence-corrected chi connectivity index (χ0v) is 40.1. The summed E-state index contributed by atoms with van der Waals surface area (Å²) in [5, 5.41) is 3.66. The number of pyridine rings is 1. The second-order valence-electron chi connectivity index (χ2n) is 18.5. The van der Waals surface area contributed by atoms with Gasteiger partial charge in [-0.1, -0.05) is 164 Å². The van der Waals surface area contributed by atoms with Crippen LogP contribution in [0, 0.1) is 13.8 Å². The fourth-order valence-electron chi connectivity index (χ4n) is 9.77. The highest BCUT2D eigenvalue weighted by atomic mass is 15.3. The molecule has 9 aromatic rings. The Labute approximate surface area is 402 Å². The van der Waals surface area contributed by atoms with Crippen LogP contribution in [0.1, 0.15) is 59.2 Å². The van der Waals surface area contributed by atoms with Gasteiger partial charge >= 0.3 is 0 Å².